The van der Waals surface area contributed by atoms with Crippen molar-refractivity contribution in [3.63, 3.8) is 0 Å². The first-order valence-electron chi connectivity index (χ1n) is 21.3. The second-order valence-corrected chi connectivity index (χ2v) is 18.9. The molecule has 0 spiro atoms. The van der Waals surface area contributed by atoms with E-state index in [1.165, 1.54) is 122 Å². The van der Waals surface area contributed by atoms with E-state index in [4.69, 9.17) is 0 Å². The predicted molar refractivity (Wildman–Crippen MR) is 250 cm³/mol. The van der Waals surface area contributed by atoms with Crippen LogP contribution in [0.5, 0.6) is 0 Å². The lowest BCUT2D eigenvalue weighted by molar-refractivity contribution is 0.639. The first-order chi connectivity index (χ1) is 28.5. The van der Waals surface area contributed by atoms with Crippen molar-refractivity contribution < 1.29 is 0 Å². The molecular weight excluding hydrogens is 709 g/mol. The van der Waals surface area contributed by atoms with Gasteiger partial charge >= 0.3 is 0 Å². The van der Waals surface area contributed by atoms with Gasteiger partial charge in [0.05, 0.1) is 0 Å². The van der Waals surface area contributed by atoms with Crippen LogP contribution < -0.4 is 0 Å². The van der Waals surface area contributed by atoms with Gasteiger partial charge in [-0.2, -0.15) is 0 Å². The van der Waals surface area contributed by atoms with Crippen molar-refractivity contribution >= 4 is 21.5 Å². The van der Waals surface area contributed by atoms with E-state index in [0.717, 1.165) is 0 Å². The summed E-state index contributed by atoms with van der Waals surface area (Å²) in [4.78, 5) is 0. The van der Waals surface area contributed by atoms with E-state index in [1.807, 2.05) is 0 Å². The highest BCUT2D eigenvalue weighted by molar-refractivity contribution is 6.21. The van der Waals surface area contributed by atoms with Gasteiger partial charge in [0, 0.05) is 16.2 Å². The molecule has 282 valence electrons. The van der Waals surface area contributed by atoms with E-state index in [0.29, 0.717) is 0 Å². The van der Waals surface area contributed by atoms with Crippen molar-refractivity contribution in [2.75, 3.05) is 0 Å². The van der Waals surface area contributed by atoms with Crippen molar-refractivity contribution in [2.24, 2.45) is 0 Å². The summed E-state index contributed by atoms with van der Waals surface area (Å²) >= 11 is 0. The lowest BCUT2D eigenvalue weighted by Gasteiger charge is -2.26. The first kappa shape index (κ1) is 34.5. The Bertz CT molecular complexity index is 3220. The highest BCUT2D eigenvalue weighted by Crippen LogP contribution is 2.57. The van der Waals surface area contributed by atoms with E-state index >= 15 is 0 Å². The number of benzene rings is 9. The summed E-state index contributed by atoms with van der Waals surface area (Å²) in [7, 11) is 0. The van der Waals surface area contributed by atoms with Gasteiger partial charge in [0.2, 0.25) is 0 Å². The Morgan fingerprint density at radius 1 is 0.237 bits per heavy atom. The van der Waals surface area contributed by atoms with E-state index in [-0.39, 0.29) is 16.2 Å². The molecule has 0 atom stereocenters. The molecule has 0 heterocycles. The molecule has 59 heavy (non-hydrogen) atoms. The molecule has 0 aromatic heterocycles. The van der Waals surface area contributed by atoms with E-state index in [1.54, 1.807) is 0 Å². The van der Waals surface area contributed by atoms with Crippen molar-refractivity contribution in [2.45, 2.75) is 57.8 Å². The number of fused-ring (bicyclic) bond motifs is 11. The largest absolute Gasteiger partial charge is 0.0622 e. The van der Waals surface area contributed by atoms with Crippen LogP contribution in [0.15, 0.2) is 170 Å². The molecule has 0 saturated carbocycles. The molecule has 0 bridgehead atoms. The molecule has 12 rings (SSSR count). The van der Waals surface area contributed by atoms with Crippen LogP contribution in [0.25, 0.3) is 88.3 Å². The molecule has 0 unspecified atom stereocenters. The average Bonchev–Trinajstić information content (AvgIpc) is 3.73. The SMILES string of the molecule is CC1(C)c2ccc(-c3ccc4c(c3)C(C)(C)c3cc5c(cc3-4)-c3ccccc3C5(C)C)cc2-c2ccc(-c3c4ccccc4c(-c4ccccc4)c4ccccc34)cc21. The molecular formula is C59H46. The van der Waals surface area contributed by atoms with Gasteiger partial charge in [0.1, 0.15) is 0 Å². The van der Waals surface area contributed by atoms with Crippen molar-refractivity contribution in [3.8, 4) is 66.8 Å². The fourth-order valence-electron chi connectivity index (χ4n) is 11.6. The number of rotatable bonds is 3. The minimum atomic E-state index is -0.136. The standard InChI is InChI=1S/C59H46/c1-57(2)49-23-15-14-18-39(49)47-33-48-41-27-24-37(31-51(41)59(5,6)54(48)34-53(47)57)36-26-29-50-46(30-36)40-28-25-38(32-52(40)58(50,3)4)56-44-21-12-10-19-42(44)55(35-16-8-7-9-17-35)43-20-11-13-22-45(43)56/h7-34H,1-6H3. The van der Waals surface area contributed by atoms with Gasteiger partial charge in [-0.15, -0.1) is 0 Å². The molecule has 9 aromatic carbocycles. The van der Waals surface area contributed by atoms with Gasteiger partial charge in [-0.1, -0.05) is 187 Å². The summed E-state index contributed by atoms with van der Waals surface area (Å²) in [6, 6.07) is 64.6. The normalized spacial score (nSPS) is 15.7. The predicted octanol–water partition coefficient (Wildman–Crippen LogP) is 15.9. The maximum Gasteiger partial charge on any atom is 0.0159 e. The third-order valence-electron chi connectivity index (χ3n) is 14.7. The average molecular weight is 755 g/mol. The molecule has 0 amide bonds. The highest BCUT2D eigenvalue weighted by Gasteiger charge is 2.42. The Balaban J connectivity index is 0.968. The van der Waals surface area contributed by atoms with Crippen LogP contribution in [-0.4, -0.2) is 0 Å². The second-order valence-electron chi connectivity index (χ2n) is 18.9. The Morgan fingerprint density at radius 3 is 1.24 bits per heavy atom. The quantitative estimate of drug-likeness (QED) is 0.158. The maximum absolute atomic E-state index is 2.54. The molecule has 0 N–H and O–H groups in total. The molecule has 0 heteroatoms. The lowest BCUT2D eigenvalue weighted by Crippen LogP contribution is -2.18. The molecule has 3 aliphatic carbocycles. The molecule has 3 aliphatic rings. The van der Waals surface area contributed by atoms with Crippen molar-refractivity contribution in [1.29, 1.82) is 0 Å². The Hall–Kier alpha value is -6.50. The minimum absolute atomic E-state index is 0.0131. The van der Waals surface area contributed by atoms with Crippen molar-refractivity contribution in [1.82, 2.24) is 0 Å². The Kier molecular flexibility index (Phi) is 6.91. The zero-order chi connectivity index (χ0) is 40.0. The maximum atomic E-state index is 2.54. The van der Waals surface area contributed by atoms with Crippen LogP contribution in [0.2, 0.25) is 0 Å². The van der Waals surface area contributed by atoms with Crippen LogP contribution in [0.4, 0.5) is 0 Å². The van der Waals surface area contributed by atoms with Gasteiger partial charge in [-0.05, 0) is 146 Å². The Morgan fingerprint density at radius 2 is 0.627 bits per heavy atom. The van der Waals surface area contributed by atoms with Gasteiger partial charge < -0.3 is 0 Å². The van der Waals surface area contributed by atoms with E-state index in [9.17, 15) is 0 Å². The van der Waals surface area contributed by atoms with Gasteiger partial charge in [-0.25, -0.2) is 0 Å². The van der Waals surface area contributed by atoms with Gasteiger partial charge in [0.15, 0.2) is 0 Å². The van der Waals surface area contributed by atoms with Crippen molar-refractivity contribution in [3.05, 3.63) is 203 Å². The second kappa shape index (κ2) is 11.8. The van der Waals surface area contributed by atoms with Crippen LogP contribution in [-0.2, 0) is 16.2 Å². The first-order valence-corrected chi connectivity index (χ1v) is 21.3. The highest BCUT2D eigenvalue weighted by atomic mass is 14.4. The summed E-state index contributed by atoms with van der Waals surface area (Å²) in [6.45, 7) is 14.4. The molecule has 0 saturated heterocycles. The third kappa shape index (κ3) is 4.61. The molecule has 0 fully saturated rings. The summed E-state index contributed by atoms with van der Waals surface area (Å²) in [5.74, 6) is 0. The fraction of sp³-hybridized carbons (Fsp3) is 0.153. The fourth-order valence-corrected chi connectivity index (χ4v) is 11.6. The molecule has 0 nitrogen and oxygen atoms in total. The van der Waals surface area contributed by atoms with Crippen LogP contribution in [0, 0.1) is 0 Å². The van der Waals surface area contributed by atoms with Crippen LogP contribution in [0.1, 0.15) is 74.9 Å². The minimum Gasteiger partial charge on any atom is -0.0622 e. The number of hydrogen-bond donors (Lipinski definition) is 0. The number of hydrogen-bond acceptors (Lipinski definition) is 0. The van der Waals surface area contributed by atoms with Gasteiger partial charge in [-0.3, -0.25) is 0 Å². The summed E-state index contributed by atoms with van der Waals surface area (Å²) in [5.41, 5.74) is 24.2. The summed E-state index contributed by atoms with van der Waals surface area (Å²) in [5, 5.41) is 5.17. The molecule has 0 radical (unpaired) electrons. The summed E-state index contributed by atoms with van der Waals surface area (Å²) in [6.07, 6.45) is 0. The monoisotopic (exact) mass is 754 g/mol. The van der Waals surface area contributed by atoms with Crippen LogP contribution in [0.3, 0.4) is 0 Å². The smallest absolute Gasteiger partial charge is 0.0159 e. The van der Waals surface area contributed by atoms with E-state index in [2.05, 4.69) is 211 Å². The zero-order valence-corrected chi connectivity index (χ0v) is 34.7. The van der Waals surface area contributed by atoms with Gasteiger partial charge in [0.25, 0.3) is 0 Å². The Labute approximate surface area is 347 Å². The molecule has 9 aromatic rings. The van der Waals surface area contributed by atoms with E-state index < -0.39 is 0 Å². The lowest BCUT2D eigenvalue weighted by atomic mass is 9.77. The third-order valence-corrected chi connectivity index (χ3v) is 14.7. The zero-order valence-electron chi connectivity index (χ0n) is 34.7. The summed E-state index contributed by atoms with van der Waals surface area (Å²) < 4.78 is 0. The van der Waals surface area contributed by atoms with Crippen LogP contribution >= 0.6 is 0 Å². The topological polar surface area (TPSA) is 0 Å². The molecule has 0 aliphatic heterocycles.